The molecule has 14 heavy (non-hydrogen) atoms. The van der Waals surface area contributed by atoms with Crippen LogP contribution in [-0.2, 0) is 17.6 Å². The summed E-state index contributed by atoms with van der Waals surface area (Å²) in [6.45, 7) is 0.402. The van der Waals surface area contributed by atoms with E-state index < -0.39 is 0 Å². The fraction of sp³-hybridized carbons (Fsp3) is 0.545. The molecule has 2 heterocycles. The third kappa shape index (κ3) is 1.15. The molecule has 2 aliphatic rings. The van der Waals surface area contributed by atoms with Crippen LogP contribution in [0.4, 0.5) is 0 Å². The molecule has 0 amide bonds. The highest BCUT2D eigenvalue weighted by Crippen LogP contribution is 2.16. The van der Waals surface area contributed by atoms with Gasteiger partial charge in [-0.25, -0.2) is 4.99 Å². The Labute approximate surface area is 82.1 Å². The zero-order valence-corrected chi connectivity index (χ0v) is 8.08. The summed E-state index contributed by atoms with van der Waals surface area (Å²) in [5.74, 6) is 1.14. The van der Waals surface area contributed by atoms with Gasteiger partial charge in [-0.15, -0.1) is 0 Å². The number of nitrogens with zero attached hydrogens (tertiary/aromatic N) is 1. The number of fused-ring (bicyclic) bond motifs is 3. The van der Waals surface area contributed by atoms with Crippen LogP contribution in [-0.4, -0.2) is 6.73 Å². The Hall–Kier alpha value is -1.25. The molecule has 0 N–H and O–H groups in total. The molecule has 0 saturated heterocycles. The number of aryl methyl sites for hydroxylation is 1. The molecule has 74 valence electrons. The fourth-order valence-electron chi connectivity index (χ4n) is 2.21. The summed E-state index contributed by atoms with van der Waals surface area (Å²) in [6, 6.07) is 0. The first-order valence-corrected chi connectivity index (χ1v) is 5.22. The van der Waals surface area contributed by atoms with Gasteiger partial charge in [-0.2, -0.15) is 0 Å². The lowest BCUT2D eigenvalue weighted by Gasteiger charge is -1.98. The minimum Gasteiger partial charge on any atom is -0.478 e. The molecule has 1 aromatic rings. The second-order valence-corrected chi connectivity index (χ2v) is 3.86. The van der Waals surface area contributed by atoms with E-state index in [2.05, 4.69) is 4.99 Å². The normalized spacial score (nSPS) is 19.4. The van der Waals surface area contributed by atoms with Crippen molar-refractivity contribution in [2.75, 3.05) is 6.73 Å². The average Bonchev–Trinajstić information content (AvgIpc) is 2.42. The summed E-state index contributed by atoms with van der Waals surface area (Å²) >= 11 is 0. The molecule has 0 spiro atoms. The summed E-state index contributed by atoms with van der Waals surface area (Å²) in [4.78, 5) is 4.21. The molecule has 1 aromatic heterocycles. The summed E-state index contributed by atoms with van der Waals surface area (Å²) in [5.41, 5.74) is 2.11. The predicted molar refractivity (Wildman–Crippen MR) is 51.2 cm³/mol. The number of ether oxygens (including phenoxy) is 1. The quantitative estimate of drug-likeness (QED) is 0.571. The third-order valence-electron chi connectivity index (χ3n) is 2.93. The second-order valence-electron chi connectivity index (χ2n) is 3.86. The first kappa shape index (κ1) is 8.09. The lowest BCUT2D eigenvalue weighted by Crippen LogP contribution is -2.27. The maximum absolute atomic E-state index is 5.73. The zero-order valence-electron chi connectivity index (χ0n) is 8.08. The summed E-state index contributed by atoms with van der Waals surface area (Å²) in [7, 11) is 0. The molecule has 0 bridgehead atoms. The molecule has 3 rings (SSSR count). The Morgan fingerprint density at radius 2 is 2.07 bits per heavy atom. The highest BCUT2D eigenvalue weighted by Gasteiger charge is 2.16. The SMILES string of the molecule is C1=c2c3c(oc2=NCO1)CCCCC3. The van der Waals surface area contributed by atoms with E-state index in [4.69, 9.17) is 9.15 Å². The largest absolute Gasteiger partial charge is 0.478 e. The summed E-state index contributed by atoms with van der Waals surface area (Å²) in [5, 5.41) is 1.09. The van der Waals surface area contributed by atoms with Crippen LogP contribution in [0, 0.1) is 0 Å². The first-order chi connectivity index (χ1) is 6.95. The highest BCUT2D eigenvalue weighted by atomic mass is 16.5. The second kappa shape index (κ2) is 3.15. The Morgan fingerprint density at radius 3 is 3.07 bits per heavy atom. The smallest absolute Gasteiger partial charge is 0.228 e. The molecule has 1 aliphatic carbocycles. The van der Waals surface area contributed by atoms with Gasteiger partial charge < -0.3 is 9.15 Å². The van der Waals surface area contributed by atoms with Crippen molar-refractivity contribution >= 4 is 6.26 Å². The van der Waals surface area contributed by atoms with Gasteiger partial charge in [0, 0.05) is 12.0 Å². The van der Waals surface area contributed by atoms with Crippen LogP contribution in [0.15, 0.2) is 9.41 Å². The van der Waals surface area contributed by atoms with Crippen LogP contribution in [0.5, 0.6) is 0 Å². The van der Waals surface area contributed by atoms with Gasteiger partial charge in [-0.05, 0) is 19.3 Å². The van der Waals surface area contributed by atoms with Crippen LogP contribution < -0.4 is 10.8 Å². The topological polar surface area (TPSA) is 34.7 Å². The van der Waals surface area contributed by atoms with Gasteiger partial charge in [0.15, 0.2) is 6.73 Å². The van der Waals surface area contributed by atoms with E-state index in [1.807, 2.05) is 0 Å². The standard InChI is InChI=1S/C11H13NO2/c1-2-4-8-9-6-13-7-12-11(9)14-10(8)5-3-1/h6H,1-5,7H2. The van der Waals surface area contributed by atoms with Gasteiger partial charge in [-0.1, -0.05) is 6.42 Å². The first-order valence-electron chi connectivity index (χ1n) is 5.22. The Balaban J connectivity index is 2.23. The molecule has 3 nitrogen and oxygen atoms in total. The Kier molecular flexibility index (Phi) is 1.82. The van der Waals surface area contributed by atoms with E-state index in [9.17, 15) is 0 Å². The van der Waals surface area contributed by atoms with Gasteiger partial charge in [-0.3, -0.25) is 0 Å². The van der Waals surface area contributed by atoms with Gasteiger partial charge in [0.25, 0.3) is 0 Å². The summed E-state index contributed by atoms with van der Waals surface area (Å²) in [6.07, 6.45) is 7.77. The fourth-order valence-corrected chi connectivity index (χ4v) is 2.21. The minimum absolute atomic E-state index is 0.402. The van der Waals surface area contributed by atoms with Crippen molar-refractivity contribution < 1.29 is 9.15 Å². The summed E-state index contributed by atoms with van der Waals surface area (Å²) < 4.78 is 10.9. The Bertz CT molecular complexity index is 458. The molecule has 1 aliphatic heterocycles. The number of hydrogen-bond donors (Lipinski definition) is 0. The molecule has 0 radical (unpaired) electrons. The van der Waals surface area contributed by atoms with Crippen molar-refractivity contribution in [3.8, 4) is 0 Å². The molecular formula is C11H13NO2. The van der Waals surface area contributed by atoms with E-state index in [1.54, 1.807) is 6.26 Å². The van der Waals surface area contributed by atoms with Crippen LogP contribution in [0.25, 0.3) is 6.26 Å². The number of rotatable bonds is 0. The van der Waals surface area contributed by atoms with Gasteiger partial charge in [0.2, 0.25) is 5.55 Å². The highest BCUT2D eigenvalue weighted by molar-refractivity contribution is 5.28. The lowest BCUT2D eigenvalue weighted by molar-refractivity contribution is 0.283. The maximum Gasteiger partial charge on any atom is 0.228 e. The van der Waals surface area contributed by atoms with Crippen molar-refractivity contribution in [2.45, 2.75) is 32.1 Å². The molecular weight excluding hydrogens is 178 g/mol. The van der Waals surface area contributed by atoms with E-state index in [1.165, 1.54) is 24.8 Å². The van der Waals surface area contributed by atoms with Gasteiger partial charge in [0.1, 0.15) is 5.76 Å². The van der Waals surface area contributed by atoms with Crippen LogP contribution >= 0.6 is 0 Å². The predicted octanol–water partition coefficient (Wildman–Crippen LogP) is 0.894. The monoisotopic (exact) mass is 191 g/mol. The lowest BCUT2D eigenvalue weighted by atomic mass is 10.1. The van der Waals surface area contributed by atoms with Crippen molar-refractivity contribution in [2.24, 2.45) is 4.99 Å². The van der Waals surface area contributed by atoms with E-state index >= 15 is 0 Å². The Morgan fingerprint density at radius 1 is 1.14 bits per heavy atom. The van der Waals surface area contributed by atoms with Crippen molar-refractivity contribution in [1.82, 2.24) is 0 Å². The van der Waals surface area contributed by atoms with E-state index in [0.29, 0.717) is 6.73 Å². The molecule has 0 aromatic carbocycles. The molecule has 0 fully saturated rings. The maximum atomic E-state index is 5.73. The number of hydrogen-bond acceptors (Lipinski definition) is 3. The van der Waals surface area contributed by atoms with Crippen LogP contribution in [0.1, 0.15) is 30.6 Å². The van der Waals surface area contributed by atoms with Gasteiger partial charge >= 0.3 is 0 Å². The molecule has 3 heteroatoms. The third-order valence-corrected chi connectivity index (χ3v) is 2.93. The van der Waals surface area contributed by atoms with Crippen LogP contribution in [0.3, 0.4) is 0 Å². The minimum atomic E-state index is 0.402. The van der Waals surface area contributed by atoms with Crippen molar-refractivity contribution in [3.63, 3.8) is 0 Å². The van der Waals surface area contributed by atoms with Gasteiger partial charge in [0.05, 0.1) is 11.5 Å². The van der Waals surface area contributed by atoms with E-state index in [0.717, 1.165) is 29.4 Å². The molecule has 0 saturated carbocycles. The van der Waals surface area contributed by atoms with Crippen LogP contribution in [0.2, 0.25) is 0 Å². The number of furan rings is 1. The van der Waals surface area contributed by atoms with Crippen molar-refractivity contribution in [3.05, 3.63) is 22.1 Å². The van der Waals surface area contributed by atoms with E-state index in [-0.39, 0.29) is 0 Å². The zero-order chi connectivity index (χ0) is 9.38. The average molecular weight is 191 g/mol. The van der Waals surface area contributed by atoms with Crippen molar-refractivity contribution in [1.29, 1.82) is 0 Å². The molecule has 0 unspecified atom stereocenters. The molecule has 0 atom stereocenters.